The van der Waals surface area contributed by atoms with Crippen LogP contribution in [0.4, 0.5) is 5.69 Å². The van der Waals surface area contributed by atoms with E-state index in [-0.39, 0.29) is 11.7 Å². The number of halogens is 1. The first-order valence-electron chi connectivity index (χ1n) is 6.62. The molecule has 0 aliphatic rings. The number of non-ortho nitro benzene ring substituents is 1. The number of hydrogen-bond donors (Lipinski definition) is 1. The molecule has 1 atom stereocenters. The highest BCUT2D eigenvalue weighted by Gasteiger charge is 2.13. The van der Waals surface area contributed by atoms with Crippen LogP contribution in [0.2, 0.25) is 5.02 Å². The van der Waals surface area contributed by atoms with Gasteiger partial charge in [0.15, 0.2) is 0 Å². The number of nitro benzene ring substituents is 1. The Morgan fingerprint density at radius 3 is 2.90 bits per heavy atom. The summed E-state index contributed by atoms with van der Waals surface area (Å²) >= 11 is 7.75. The maximum absolute atomic E-state index is 10.8. The summed E-state index contributed by atoms with van der Waals surface area (Å²) in [6.45, 7) is 4.57. The van der Waals surface area contributed by atoms with Crippen molar-refractivity contribution < 1.29 is 4.92 Å². The van der Waals surface area contributed by atoms with Crippen molar-refractivity contribution in [2.75, 3.05) is 0 Å². The highest BCUT2D eigenvalue weighted by molar-refractivity contribution is 7.11. The average molecular weight is 326 g/mol. The standard InChI is InChI=1S/C14H16ClN3O2S/c1-3-12-8-17-14(21-12)9(2)16-7-10-6-11(18(19)20)4-5-13(10)15/h4-6,8-9,16H,3,7H2,1-2H3. The first kappa shape index (κ1) is 15.9. The number of nitrogens with zero attached hydrogens (tertiary/aromatic N) is 2. The quantitative estimate of drug-likeness (QED) is 0.640. The van der Waals surface area contributed by atoms with E-state index in [4.69, 9.17) is 11.6 Å². The maximum Gasteiger partial charge on any atom is 0.269 e. The van der Waals surface area contributed by atoms with Crippen LogP contribution in [0.25, 0.3) is 0 Å². The van der Waals surface area contributed by atoms with E-state index < -0.39 is 4.92 Å². The molecule has 0 fully saturated rings. The van der Waals surface area contributed by atoms with Crippen molar-refractivity contribution in [3.8, 4) is 0 Å². The monoisotopic (exact) mass is 325 g/mol. The van der Waals surface area contributed by atoms with Crippen molar-refractivity contribution in [3.63, 3.8) is 0 Å². The van der Waals surface area contributed by atoms with Gasteiger partial charge in [-0.2, -0.15) is 0 Å². The van der Waals surface area contributed by atoms with Crippen LogP contribution in [0, 0.1) is 10.1 Å². The molecule has 1 unspecified atom stereocenters. The molecule has 0 saturated heterocycles. The molecule has 0 radical (unpaired) electrons. The molecular weight excluding hydrogens is 310 g/mol. The molecule has 0 aliphatic heterocycles. The van der Waals surface area contributed by atoms with Gasteiger partial charge in [0.2, 0.25) is 0 Å². The molecule has 21 heavy (non-hydrogen) atoms. The molecule has 5 nitrogen and oxygen atoms in total. The fourth-order valence-corrected chi connectivity index (χ4v) is 2.92. The van der Waals surface area contributed by atoms with Crippen LogP contribution in [0.5, 0.6) is 0 Å². The van der Waals surface area contributed by atoms with Gasteiger partial charge in [-0.1, -0.05) is 18.5 Å². The molecule has 0 spiro atoms. The zero-order valence-electron chi connectivity index (χ0n) is 11.8. The highest BCUT2D eigenvalue weighted by atomic mass is 35.5. The first-order chi connectivity index (χ1) is 10.0. The molecule has 0 aliphatic carbocycles. The lowest BCUT2D eigenvalue weighted by molar-refractivity contribution is -0.384. The Kier molecular flexibility index (Phi) is 5.27. The summed E-state index contributed by atoms with van der Waals surface area (Å²) in [7, 11) is 0. The van der Waals surface area contributed by atoms with Gasteiger partial charge < -0.3 is 5.32 Å². The van der Waals surface area contributed by atoms with Crippen LogP contribution in [0.3, 0.4) is 0 Å². The fourth-order valence-electron chi connectivity index (χ4n) is 1.85. The summed E-state index contributed by atoms with van der Waals surface area (Å²) in [6, 6.07) is 4.54. The number of aryl methyl sites for hydroxylation is 1. The minimum Gasteiger partial charge on any atom is -0.304 e. The minimum atomic E-state index is -0.419. The van der Waals surface area contributed by atoms with E-state index in [1.54, 1.807) is 17.4 Å². The summed E-state index contributed by atoms with van der Waals surface area (Å²) in [5, 5.41) is 15.6. The molecule has 0 saturated carbocycles. The third-order valence-electron chi connectivity index (χ3n) is 3.13. The second kappa shape index (κ2) is 6.98. The van der Waals surface area contributed by atoms with E-state index in [1.807, 2.05) is 13.1 Å². The molecule has 1 heterocycles. The Morgan fingerprint density at radius 2 is 2.29 bits per heavy atom. The Balaban J connectivity index is 2.05. The lowest BCUT2D eigenvalue weighted by Crippen LogP contribution is -2.18. The van der Waals surface area contributed by atoms with Gasteiger partial charge >= 0.3 is 0 Å². The van der Waals surface area contributed by atoms with Gasteiger partial charge in [0.05, 0.1) is 11.0 Å². The largest absolute Gasteiger partial charge is 0.304 e. The predicted molar refractivity (Wildman–Crippen MR) is 84.9 cm³/mol. The van der Waals surface area contributed by atoms with Gasteiger partial charge in [-0.3, -0.25) is 10.1 Å². The van der Waals surface area contributed by atoms with Crippen LogP contribution in [0.1, 0.15) is 35.3 Å². The van der Waals surface area contributed by atoms with Gasteiger partial charge in [-0.25, -0.2) is 4.98 Å². The van der Waals surface area contributed by atoms with Gasteiger partial charge in [0.1, 0.15) is 5.01 Å². The van der Waals surface area contributed by atoms with Crippen molar-refractivity contribution in [3.05, 3.63) is 55.0 Å². The highest BCUT2D eigenvalue weighted by Crippen LogP contribution is 2.24. The lowest BCUT2D eigenvalue weighted by Gasteiger charge is -2.12. The summed E-state index contributed by atoms with van der Waals surface area (Å²) < 4.78 is 0. The normalized spacial score (nSPS) is 12.3. The second-order valence-corrected chi connectivity index (χ2v) is 6.21. The molecule has 7 heteroatoms. The van der Waals surface area contributed by atoms with Crippen LogP contribution >= 0.6 is 22.9 Å². The zero-order valence-corrected chi connectivity index (χ0v) is 13.4. The van der Waals surface area contributed by atoms with Crippen LogP contribution in [-0.4, -0.2) is 9.91 Å². The molecule has 2 rings (SSSR count). The Bertz CT molecular complexity index is 645. The smallest absolute Gasteiger partial charge is 0.269 e. The van der Waals surface area contributed by atoms with Gasteiger partial charge in [0, 0.05) is 34.8 Å². The number of nitro groups is 1. The molecule has 2 aromatic rings. The Labute approximate surface area is 132 Å². The van der Waals surface area contributed by atoms with Crippen LogP contribution in [0.15, 0.2) is 24.4 Å². The summed E-state index contributed by atoms with van der Waals surface area (Å²) in [5.41, 5.74) is 0.761. The molecule has 0 bridgehead atoms. The average Bonchev–Trinajstić information content (AvgIpc) is 2.94. The number of nitrogens with one attached hydrogen (secondary N) is 1. The fraction of sp³-hybridized carbons (Fsp3) is 0.357. The van der Waals surface area contributed by atoms with E-state index in [1.165, 1.54) is 17.0 Å². The first-order valence-corrected chi connectivity index (χ1v) is 7.81. The summed E-state index contributed by atoms with van der Waals surface area (Å²) in [5.74, 6) is 0. The second-order valence-electron chi connectivity index (χ2n) is 4.65. The van der Waals surface area contributed by atoms with Crippen LogP contribution in [-0.2, 0) is 13.0 Å². The summed E-state index contributed by atoms with van der Waals surface area (Å²) in [4.78, 5) is 16.0. The zero-order chi connectivity index (χ0) is 15.4. The van der Waals surface area contributed by atoms with E-state index >= 15 is 0 Å². The number of thiazole rings is 1. The number of hydrogen-bond acceptors (Lipinski definition) is 5. The van der Waals surface area contributed by atoms with E-state index in [9.17, 15) is 10.1 Å². The lowest BCUT2D eigenvalue weighted by atomic mass is 10.2. The van der Waals surface area contributed by atoms with Gasteiger partial charge in [-0.15, -0.1) is 11.3 Å². The topological polar surface area (TPSA) is 68.1 Å². The van der Waals surface area contributed by atoms with E-state index in [2.05, 4.69) is 17.2 Å². The van der Waals surface area contributed by atoms with E-state index in [0.717, 1.165) is 11.4 Å². The number of benzene rings is 1. The summed E-state index contributed by atoms with van der Waals surface area (Å²) in [6.07, 6.45) is 2.86. The van der Waals surface area contributed by atoms with Crippen molar-refractivity contribution in [1.29, 1.82) is 0 Å². The SMILES string of the molecule is CCc1cnc(C(C)NCc2cc([N+](=O)[O-])ccc2Cl)s1. The van der Waals surface area contributed by atoms with Crippen molar-refractivity contribution in [2.45, 2.75) is 32.9 Å². The van der Waals surface area contributed by atoms with Crippen molar-refractivity contribution in [1.82, 2.24) is 10.3 Å². The Morgan fingerprint density at radius 1 is 1.52 bits per heavy atom. The molecule has 1 aromatic carbocycles. The third kappa shape index (κ3) is 4.00. The molecule has 0 amide bonds. The maximum atomic E-state index is 10.8. The van der Waals surface area contributed by atoms with Crippen molar-refractivity contribution in [2.24, 2.45) is 0 Å². The molecule has 1 N–H and O–H groups in total. The number of aromatic nitrogens is 1. The van der Waals surface area contributed by atoms with Crippen molar-refractivity contribution >= 4 is 28.6 Å². The number of rotatable bonds is 6. The molecule has 1 aromatic heterocycles. The Hall–Kier alpha value is -1.50. The van der Waals surface area contributed by atoms with Gasteiger partial charge in [-0.05, 0) is 25.0 Å². The minimum absolute atomic E-state index is 0.0476. The predicted octanol–water partition coefficient (Wildman–Crippen LogP) is 4.12. The third-order valence-corrected chi connectivity index (χ3v) is 4.82. The molecular formula is C14H16ClN3O2S. The van der Waals surface area contributed by atoms with E-state index in [0.29, 0.717) is 17.1 Å². The molecule has 112 valence electrons. The van der Waals surface area contributed by atoms with Gasteiger partial charge in [0.25, 0.3) is 5.69 Å². The van der Waals surface area contributed by atoms with Crippen LogP contribution < -0.4 is 5.32 Å².